The van der Waals surface area contributed by atoms with Crippen molar-refractivity contribution in [3.8, 4) is 0 Å². The number of hydrogen-bond acceptors (Lipinski definition) is 4. The van der Waals surface area contributed by atoms with E-state index in [0.29, 0.717) is 21.8 Å². The maximum atomic E-state index is 6.19. The number of rotatable bonds is 2. The Morgan fingerprint density at radius 2 is 2.00 bits per heavy atom. The van der Waals surface area contributed by atoms with Gasteiger partial charge in [0.25, 0.3) is 5.78 Å². The molecule has 0 fully saturated rings. The van der Waals surface area contributed by atoms with Gasteiger partial charge in [0.05, 0.1) is 5.69 Å². The van der Waals surface area contributed by atoms with Crippen LogP contribution in [-0.2, 0) is 0 Å². The van der Waals surface area contributed by atoms with Crippen molar-refractivity contribution in [2.45, 2.75) is 13.8 Å². The van der Waals surface area contributed by atoms with Crippen molar-refractivity contribution in [3.63, 3.8) is 0 Å². The van der Waals surface area contributed by atoms with Gasteiger partial charge in [-0.1, -0.05) is 23.2 Å². The number of aryl methyl sites for hydroxylation is 1. The minimum atomic E-state index is 0.382. The van der Waals surface area contributed by atoms with E-state index in [4.69, 9.17) is 23.2 Å². The zero-order valence-electron chi connectivity index (χ0n) is 11.2. The van der Waals surface area contributed by atoms with E-state index in [1.807, 2.05) is 26.0 Å². The normalized spacial score (nSPS) is 11.1. The second-order valence-corrected chi connectivity index (χ2v) is 6.17. The van der Waals surface area contributed by atoms with Crippen molar-refractivity contribution < 1.29 is 0 Å². The van der Waals surface area contributed by atoms with Crippen LogP contribution in [0.2, 0.25) is 10.2 Å². The molecule has 5 nitrogen and oxygen atoms in total. The summed E-state index contributed by atoms with van der Waals surface area (Å²) in [7, 11) is 0. The number of hydrogen-bond donors (Lipinski definition) is 1. The standard InChI is InChI=1S/C13H10BrCl2N5/c1-6-3-8(14)10(4-9(6)15)19-12-7(2)11(16)20-13-17-5-18-21(12)13/h3-5,19H,1-2H3. The fourth-order valence-corrected chi connectivity index (χ4v) is 2.80. The molecule has 0 spiro atoms. The number of nitrogens with zero attached hydrogens (tertiary/aromatic N) is 4. The molecule has 21 heavy (non-hydrogen) atoms. The summed E-state index contributed by atoms with van der Waals surface area (Å²) in [6, 6.07) is 3.79. The molecule has 0 saturated carbocycles. The molecule has 3 aromatic rings. The summed E-state index contributed by atoms with van der Waals surface area (Å²) in [5, 5.41) is 8.50. The molecule has 0 atom stereocenters. The van der Waals surface area contributed by atoms with Gasteiger partial charge in [-0.05, 0) is 47.5 Å². The third-order valence-corrected chi connectivity index (χ3v) is 4.54. The lowest BCUT2D eigenvalue weighted by Crippen LogP contribution is -2.05. The zero-order chi connectivity index (χ0) is 15.1. The van der Waals surface area contributed by atoms with Gasteiger partial charge in [-0.25, -0.2) is 0 Å². The molecule has 2 heterocycles. The average molecular weight is 387 g/mol. The van der Waals surface area contributed by atoms with Crippen LogP contribution in [0, 0.1) is 13.8 Å². The first kappa shape index (κ1) is 14.6. The predicted molar refractivity (Wildman–Crippen MR) is 87.7 cm³/mol. The Bertz CT molecular complexity index is 846. The molecule has 1 aromatic carbocycles. The molecule has 0 aliphatic carbocycles. The molecule has 0 amide bonds. The lowest BCUT2D eigenvalue weighted by Gasteiger charge is -2.14. The highest BCUT2D eigenvalue weighted by Crippen LogP contribution is 2.33. The van der Waals surface area contributed by atoms with Crippen molar-refractivity contribution in [1.29, 1.82) is 0 Å². The summed E-state index contributed by atoms with van der Waals surface area (Å²) >= 11 is 15.9. The molecule has 1 N–H and O–H groups in total. The Balaban J connectivity index is 2.16. The molecule has 0 aliphatic rings. The average Bonchev–Trinajstić information content (AvgIpc) is 2.88. The Labute approximate surface area is 139 Å². The van der Waals surface area contributed by atoms with Crippen molar-refractivity contribution >= 4 is 56.4 Å². The van der Waals surface area contributed by atoms with E-state index in [1.54, 1.807) is 4.52 Å². The summed E-state index contributed by atoms with van der Waals surface area (Å²) in [5.41, 5.74) is 2.58. The first-order chi connectivity index (χ1) is 9.97. The van der Waals surface area contributed by atoms with Crippen molar-refractivity contribution in [2.75, 3.05) is 5.32 Å². The molecule has 0 unspecified atom stereocenters. The second kappa shape index (κ2) is 5.44. The summed E-state index contributed by atoms with van der Waals surface area (Å²) in [5.74, 6) is 1.13. The Morgan fingerprint density at radius 1 is 1.24 bits per heavy atom. The topological polar surface area (TPSA) is 55.1 Å². The number of anilines is 2. The van der Waals surface area contributed by atoms with Crippen LogP contribution < -0.4 is 5.32 Å². The predicted octanol–water partition coefficient (Wildman–Crippen LogP) is 4.55. The SMILES string of the molecule is Cc1cc(Br)c(Nc2c(C)c(Cl)nc3ncnn23)cc1Cl. The highest BCUT2D eigenvalue weighted by atomic mass is 79.9. The molecular weight excluding hydrogens is 377 g/mol. The van der Waals surface area contributed by atoms with Gasteiger partial charge in [-0.3, -0.25) is 0 Å². The van der Waals surface area contributed by atoms with Crippen LogP contribution in [-0.4, -0.2) is 19.6 Å². The Kier molecular flexibility index (Phi) is 3.77. The maximum Gasteiger partial charge on any atom is 0.255 e. The van der Waals surface area contributed by atoms with E-state index in [0.717, 1.165) is 21.3 Å². The van der Waals surface area contributed by atoms with E-state index < -0.39 is 0 Å². The lowest BCUT2D eigenvalue weighted by molar-refractivity contribution is 0.936. The minimum absolute atomic E-state index is 0.382. The van der Waals surface area contributed by atoms with Crippen molar-refractivity contribution in [1.82, 2.24) is 19.6 Å². The number of aromatic nitrogens is 4. The molecule has 0 saturated heterocycles. The fraction of sp³-hybridized carbons (Fsp3) is 0.154. The smallest absolute Gasteiger partial charge is 0.255 e. The molecule has 108 valence electrons. The van der Waals surface area contributed by atoms with Gasteiger partial charge >= 0.3 is 0 Å². The number of nitrogens with one attached hydrogen (secondary N) is 1. The first-order valence-electron chi connectivity index (χ1n) is 6.06. The molecule has 8 heteroatoms. The summed E-state index contributed by atoms with van der Waals surface area (Å²) in [6.07, 6.45) is 1.43. The van der Waals surface area contributed by atoms with Crippen LogP contribution in [0.25, 0.3) is 5.78 Å². The molecule has 0 aliphatic heterocycles. The zero-order valence-corrected chi connectivity index (χ0v) is 14.3. The fourth-order valence-electron chi connectivity index (χ4n) is 1.91. The van der Waals surface area contributed by atoms with Gasteiger partial charge in [0, 0.05) is 15.1 Å². The largest absolute Gasteiger partial charge is 0.339 e. The van der Waals surface area contributed by atoms with Gasteiger partial charge < -0.3 is 5.32 Å². The number of benzene rings is 1. The quantitative estimate of drug-likeness (QED) is 0.656. The molecular formula is C13H10BrCl2N5. The van der Waals surface area contributed by atoms with Crippen molar-refractivity contribution in [2.24, 2.45) is 0 Å². The Morgan fingerprint density at radius 3 is 2.76 bits per heavy atom. The molecule has 0 bridgehead atoms. The third-order valence-electron chi connectivity index (χ3n) is 3.11. The van der Waals surface area contributed by atoms with Crippen LogP contribution in [0.5, 0.6) is 0 Å². The van der Waals surface area contributed by atoms with Gasteiger partial charge in [-0.15, -0.1) is 0 Å². The number of fused-ring (bicyclic) bond motifs is 1. The summed E-state index contributed by atoms with van der Waals surface area (Å²) in [6.45, 7) is 3.81. The van der Waals surface area contributed by atoms with Gasteiger partial charge in [0.2, 0.25) is 0 Å². The van der Waals surface area contributed by atoms with Gasteiger partial charge in [0.1, 0.15) is 17.3 Å². The Hall–Kier alpha value is -1.37. The highest BCUT2D eigenvalue weighted by molar-refractivity contribution is 9.10. The number of halogens is 3. The lowest BCUT2D eigenvalue weighted by atomic mass is 10.2. The van der Waals surface area contributed by atoms with Crippen LogP contribution in [0.4, 0.5) is 11.5 Å². The third kappa shape index (κ3) is 2.59. The highest BCUT2D eigenvalue weighted by Gasteiger charge is 2.14. The molecule has 2 aromatic heterocycles. The maximum absolute atomic E-state index is 6.19. The van der Waals surface area contributed by atoms with E-state index in [9.17, 15) is 0 Å². The monoisotopic (exact) mass is 385 g/mol. The minimum Gasteiger partial charge on any atom is -0.339 e. The van der Waals surface area contributed by atoms with E-state index in [1.165, 1.54) is 6.33 Å². The van der Waals surface area contributed by atoms with Crippen LogP contribution in [0.3, 0.4) is 0 Å². The van der Waals surface area contributed by atoms with E-state index in [-0.39, 0.29) is 0 Å². The summed E-state index contributed by atoms with van der Waals surface area (Å²) < 4.78 is 2.49. The summed E-state index contributed by atoms with van der Waals surface area (Å²) in [4.78, 5) is 8.22. The van der Waals surface area contributed by atoms with Gasteiger partial charge in [-0.2, -0.15) is 19.6 Å². The second-order valence-electron chi connectivity index (χ2n) is 4.55. The van der Waals surface area contributed by atoms with E-state index in [2.05, 4.69) is 36.3 Å². The van der Waals surface area contributed by atoms with Crippen LogP contribution in [0.15, 0.2) is 22.9 Å². The van der Waals surface area contributed by atoms with E-state index >= 15 is 0 Å². The molecule has 3 rings (SSSR count). The molecule has 0 radical (unpaired) electrons. The van der Waals surface area contributed by atoms with Gasteiger partial charge in [0.15, 0.2) is 0 Å². The first-order valence-corrected chi connectivity index (χ1v) is 7.61. The van der Waals surface area contributed by atoms with Crippen LogP contribution in [0.1, 0.15) is 11.1 Å². The van der Waals surface area contributed by atoms with Crippen molar-refractivity contribution in [3.05, 3.63) is 44.2 Å². The van der Waals surface area contributed by atoms with Crippen LogP contribution >= 0.6 is 39.1 Å².